The zero-order valence-electron chi connectivity index (χ0n) is 16.1. The Kier molecular flexibility index (Phi) is 4.91. The summed E-state index contributed by atoms with van der Waals surface area (Å²) in [6.07, 6.45) is 4.06. The molecule has 1 aliphatic rings. The van der Waals surface area contributed by atoms with E-state index >= 15 is 0 Å². The Balaban J connectivity index is 1.97. The summed E-state index contributed by atoms with van der Waals surface area (Å²) >= 11 is 0. The zero-order valence-corrected chi connectivity index (χ0v) is 16.1. The highest BCUT2D eigenvalue weighted by Crippen LogP contribution is 2.40. The van der Waals surface area contributed by atoms with Gasteiger partial charge < -0.3 is 4.98 Å². The average Bonchev–Trinajstić information content (AvgIpc) is 2.55. The van der Waals surface area contributed by atoms with Crippen LogP contribution in [0.5, 0.6) is 0 Å². The second-order valence-electron chi connectivity index (χ2n) is 8.74. The number of hydrogen-bond acceptors (Lipinski definition) is 3. The monoisotopic (exact) mass is 356 g/mol. The van der Waals surface area contributed by atoms with Crippen molar-refractivity contribution in [2.75, 3.05) is 0 Å². The minimum absolute atomic E-state index is 0.0503. The maximum absolute atomic E-state index is 13.0. The average molecular weight is 356 g/mol. The van der Waals surface area contributed by atoms with Crippen LogP contribution in [0.15, 0.2) is 27.8 Å². The van der Waals surface area contributed by atoms with Crippen LogP contribution in [0.1, 0.15) is 65.0 Å². The number of aromatic amines is 1. The zero-order chi connectivity index (χ0) is 19.1. The van der Waals surface area contributed by atoms with Crippen molar-refractivity contribution in [2.24, 2.45) is 11.3 Å². The van der Waals surface area contributed by atoms with E-state index in [1.165, 1.54) is 11.5 Å². The van der Waals surface area contributed by atoms with Gasteiger partial charge in [-0.05, 0) is 61.6 Å². The largest absolute Gasteiger partial charge is 0.329 e. The standard InChI is InChI=1S/C21H28N2O3/c1-13(24)11-14-5-10-18-17(12-14)19(25)23(20(26)22-18)16-8-6-15(7-9-16)21(2,3)4/h5,10,12,15-16H,6-9,11H2,1-4H3,(H,22,26). The van der Waals surface area contributed by atoms with Crippen LogP contribution in [-0.4, -0.2) is 15.3 Å². The summed E-state index contributed by atoms with van der Waals surface area (Å²) in [5.74, 6) is 0.672. The van der Waals surface area contributed by atoms with E-state index in [1.807, 2.05) is 0 Å². The van der Waals surface area contributed by atoms with Gasteiger partial charge in [-0.3, -0.25) is 14.2 Å². The van der Waals surface area contributed by atoms with Gasteiger partial charge in [-0.2, -0.15) is 0 Å². The van der Waals surface area contributed by atoms with Gasteiger partial charge in [0.05, 0.1) is 10.9 Å². The first-order chi connectivity index (χ1) is 12.2. The molecule has 0 atom stereocenters. The van der Waals surface area contributed by atoms with E-state index in [-0.39, 0.29) is 28.5 Å². The SMILES string of the molecule is CC(=O)Cc1ccc2[nH]c(=O)n(C3CCC(C(C)(C)C)CC3)c(=O)c2c1. The quantitative estimate of drug-likeness (QED) is 0.913. The highest BCUT2D eigenvalue weighted by molar-refractivity contribution is 5.82. The Morgan fingerprint density at radius 2 is 1.81 bits per heavy atom. The van der Waals surface area contributed by atoms with Gasteiger partial charge in [0.25, 0.3) is 5.56 Å². The number of hydrogen-bond donors (Lipinski definition) is 1. The van der Waals surface area contributed by atoms with Crippen molar-refractivity contribution in [3.63, 3.8) is 0 Å². The lowest BCUT2D eigenvalue weighted by molar-refractivity contribution is -0.116. The third-order valence-corrected chi connectivity index (χ3v) is 5.73. The van der Waals surface area contributed by atoms with E-state index in [0.29, 0.717) is 23.2 Å². The van der Waals surface area contributed by atoms with Crippen molar-refractivity contribution in [3.05, 3.63) is 44.6 Å². The number of rotatable bonds is 3. The van der Waals surface area contributed by atoms with Gasteiger partial charge in [0.1, 0.15) is 5.78 Å². The number of nitrogens with one attached hydrogen (secondary N) is 1. The topological polar surface area (TPSA) is 71.9 Å². The van der Waals surface area contributed by atoms with Gasteiger partial charge in [0, 0.05) is 12.5 Å². The lowest BCUT2D eigenvalue weighted by Crippen LogP contribution is -2.40. The Morgan fingerprint density at radius 3 is 2.38 bits per heavy atom. The molecule has 26 heavy (non-hydrogen) atoms. The number of aromatic nitrogens is 2. The fourth-order valence-corrected chi connectivity index (χ4v) is 4.20. The van der Waals surface area contributed by atoms with Crippen molar-refractivity contribution >= 4 is 16.7 Å². The Morgan fingerprint density at radius 1 is 1.15 bits per heavy atom. The molecule has 0 aliphatic heterocycles. The van der Waals surface area contributed by atoms with Crippen molar-refractivity contribution in [1.82, 2.24) is 9.55 Å². The number of fused-ring (bicyclic) bond motifs is 1. The van der Waals surface area contributed by atoms with E-state index in [1.54, 1.807) is 18.2 Å². The molecule has 5 nitrogen and oxygen atoms in total. The lowest BCUT2D eigenvalue weighted by Gasteiger charge is -2.37. The minimum Gasteiger partial charge on any atom is -0.307 e. The second-order valence-corrected chi connectivity index (χ2v) is 8.74. The molecule has 5 heteroatoms. The lowest BCUT2D eigenvalue weighted by atomic mass is 9.71. The van der Waals surface area contributed by atoms with Crippen LogP contribution in [0.4, 0.5) is 0 Å². The Bertz CT molecular complexity index is 938. The molecule has 1 saturated carbocycles. The van der Waals surface area contributed by atoms with Gasteiger partial charge in [-0.15, -0.1) is 0 Å². The van der Waals surface area contributed by atoms with E-state index in [9.17, 15) is 14.4 Å². The summed E-state index contributed by atoms with van der Waals surface area (Å²) in [6.45, 7) is 8.29. The number of carbonyl (C=O) groups is 1. The molecule has 140 valence electrons. The molecule has 1 aromatic heterocycles. The highest BCUT2D eigenvalue weighted by Gasteiger charge is 2.31. The first-order valence-corrected chi connectivity index (χ1v) is 9.43. The first-order valence-electron chi connectivity index (χ1n) is 9.43. The molecule has 0 bridgehead atoms. The molecule has 0 saturated heterocycles. The molecule has 0 radical (unpaired) electrons. The third kappa shape index (κ3) is 3.67. The van der Waals surface area contributed by atoms with Gasteiger partial charge in [-0.1, -0.05) is 26.8 Å². The molecule has 0 unspecified atom stereocenters. The van der Waals surface area contributed by atoms with Crippen LogP contribution in [0.25, 0.3) is 10.9 Å². The third-order valence-electron chi connectivity index (χ3n) is 5.73. The van der Waals surface area contributed by atoms with Crippen molar-refractivity contribution in [1.29, 1.82) is 0 Å². The van der Waals surface area contributed by atoms with Gasteiger partial charge in [-0.25, -0.2) is 4.79 Å². The molecule has 1 aliphatic carbocycles. The van der Waals surface area contributed by atoms with Crippen LogP contribution < -0.4 is 11.2 Å². The van der Waals surface area contributed by atoms with Gasteiger partial charge >= 0.3 is 5.69 Å². The van der Waals surface area contributed by atoms with Crippen molar-refractivity contribution in [3.8, 4) is 0 Å². The minimum atomic E-state index is -0.332. The maximum atomic E-state index is 13.0. The second kappa shape index (κ2) is 6.86. The molecule has 2 aromatic rings. The first kappa shape index (κ1) is 18.6. The molecule has 1 heterocycles. The van der Waals surface area contributed by atoms with Crippen LogP contribution in [0, 0.1) is 11.3 Å². The molecule has 1 aromatic carbocycles. The predicted octanol–water partition coefficient (Wildman–Crippen LogP) is 3.60. The fourth-order valence-electron chi connectivity index (χ4n) is 4.20. The summed E-state index contributed by atoms with van der Waals surface area (Å²) < 4.78 is 1.40. The smallest absolute Gasteiger partial charge is 0.307 e. The Labute approximate surface area is 153 Å². The molecule has 1 fully saturated rings. The molecule has 3 rings (SSSR count). The summed E-state index contributed by atoms with van der Waals surface area (Å²) in [5.41, 5.74) is 1.02. The van der Waals surface area contributed by atoms with E-state index < -0.39 is 0 Å². The van der Waals surface area contributed by atoms with Crippen LogP contribution in [0.3, 0.4) is 0 Å². The molecular weight excluding hydrogens is 328 g/mol. The molecule has 1 N–H and O–H groups in total. The number of ketones is 1. The van der Waals surface area contributed by atoms with Gasteiger partial charge in [0.15, 0.2) is 0 Å². The fraction of sp³-hybridized carbons (Fsp3) is 0.571. The van der Waals surface area contributed by atoms with E-state index in [4.69, 9.17) is 0 Å². The number of H-pyrrole nitrogens is 1. The number of benzene rings is 1. The molecular formula is C21H28N2O3. The number of Topliss-reactive ketones (excluding diaryl/α,β-unsaturated/α-hetero) is 1. The van der Waals surface area contributed by atoms with Crippen molar-refractivity contribution < 1.29 is 4.79 Å². The van der Waals surface area contributed by atoms with E-state index in [2.05, 4.69) is 25.8 Å². The summed E-state index contributed by atoms with van der Waals surface area (Å²) in [7, 11) is 0. The number of carbonyl (C=O) groups excluding carboxylic acids is 1. The van der Waals surface area contributed by atoms with Gasteiger partial charge in [0.2, 0.25) is 0 Å². The number of nitrogens with zero attached hydrogens (tertiary/aromatic N) is 1. The molecule has 0 amide bonds. The van der Waals surface area contributed by atoms with Crippen LogP contribution in [0.2, 0.25) is 0 Å². The summed E-state index contributed by atoms with van der Waals surface area (Å²) in [4.78, 5) is 39.8. The maximum Gasteiger partial charge on any atom is 0.329 e. The summed E-state index contributed by atoms with van der Waals surface area (Å²) in [5, 5.41) is 0.487. The predicted molar refractivity (Wildman–Crippen MR) is 104 cm³/mol. The van der Waals surface area contributed by atoms with E-state index in [0.717, 1.165) is 31.2 Å². The van der Waals surface area contributed by atoms with Crippen molar-refractivity contribution in [2.45, 2.75) is 65.8 Å². The van der Waals surface area contributed by atoms with Crippen LogP contribution in [-0.2, 0) is 11.2 Å². The highest BCUT2D eigenvalue weighted by atomic mass is 16.2. The van der Waals surface area contributed by atoms with Crippen LogP contribution >= 0.6 is 0 Å². The normalized spacial score (nSPS) is 21.1. The summed E-state index contributed by atoms with van der Waals surface area (Å²) in [6, 6.07) is 5.20. The molecule has 0 spiro atoms. The Hall–Kier alpha value is -2.17.